The highest BCUT2D eigenvalue weighted by atomic mass is 16.5. The van der Waals surface area contributed by atoms with Gasteiger partial charge in [0.15, 0.2) is 5.65 Å². The number of anilines is 2. The van der Waals surface area contributed by atoms with Crippen molar-refractivity contribution in [3.8, 4) is 11.1 Å². The standard InChI is InChI=1S/C24H24N6O2/c31-24-28-22(21-8-3-9-26-23(21)30(24)32)27-20-7-2-6-19(15-20)18-5-1-4-17(14-18)16-29-12-10-25-11-13-29/h1-9,14-15,25,32H,10-13,16H2,(H,27,28,31). The maximum Gasteiger partial charge on any atom is 0.384 e. The second kappa shape index (κ2) is 8.78. The summed E-state index contributed by atoms with van der Waals surface area (Å²) in [5, 5.41) is 17.1. The summed E-state index contributed by atoms with van der Waals surface area (Å²) in [6, 6.07) is 20.1. The van der Waals surface area contributed by atoms with E-state index in [0.29, 0.717) is 15.9 Å². The second-order valence-electron chi connectivity index (χ2n) is 7.86. The Hall–Kier alpha value is -3.75. The molecule has 5 rings (SSSR count). The first-order chi connectivity index (χ1) is 15.7. The second-order valence-corrected chi connectivity index (χ2v) is 7.86. The Morgan fingerprint density at radius 2 is 1.78 bits per heavy atom. The van der Waals surface area contributed by atoms with Crippen LogP contribution in [0.4, 0.5) is 11.5 Å². The Kier molecular flexibility index (Phi) is 5.53. The molecule has 2 aromatic carbocycles. The highest BCUT2D eigenvalue weighted by molar-refractivity contribution is 5.88. The van der Waals surface area contributed by atoms with Gasteiger partial charge in [0.25, 0.3) is 0 Å². The van der Waals surface area contributed by atoms with Gasteiger partial charge in [-0.1, -0.05) is 30.3 Å². The van der Waals surface area contributed by atoms with Crippen LogP contribution >= 0.6 is 0 Å². The first-order valence-corrected chi connectivity index (χ1v) is 10.6. The van der Waals surface area contributed by atoms with Crippen LogP contribution < -0.4 is 16.3 Å². The van der Waals surface area contributed by atoms with Crippen molar-refractivity contribution < 1.29 is 5.21 Å². The van der Waals surface area contributed by atoms with Gasteiger partial charge in [-0.2, -0.15) is 4.98 Å². The van der Waals surface area contributed by atoms with Crippen molar-refractivity contribution >= 4 is 22.5 Å². The molecule has 162 valence electrons. The predicted molar refractivity (Wildman–Crippen MR) is 124 cm³/mol. The third-order valence-electron chi connectivity index (χ3n) is 5.63. The third-order valence-corrected chi connectivity index (χ3v) is 5.63. The Labute approximate surface area is 185 Å². The molecule has 32 heavy (non-hydrogen) atoms. The normalized spacial score (nSPS) is 14.5. The number of piperazine rings is 1. The molecule has 0 amide bonds. The van der Waals surface area contributed by atoms with E-state index in [1.165, 1.54) is 11.8 Å². The van der Waals surface area contributed by atoms with E-state index in [1.807, 2.05) is 18.2 Å². The summed E-state index contributed by atoms with van der Waals surface area (Å²) < 4.78 is 0.459. The lowest BCUT2D eigenvalue weighted by Gasteiger charge is -2.27. The van der Waals surface area contributed by atoms with Crippen molar-refractivity contribution in [1.82, 2.24) is 24.9 Å². The minimum absolute atomic E-state index is 0.159. The van der Waals surface area contributed by atoms with E-state index < -0.39 is 5.69 Å². The molecule has 1 aliphatic rings. The smallest absolute Gasteiger partial charge is 0.384 e. The van der Waals surface area contributed by atoms with Gasteiger partial charge in [0, 0.05) is 44.6 Å². The van der Waals surface area contributed by atoms with Crippen LogP contribution in [0.15, 0.2) is 71.7 Å². The molecular formula is C24H24N6O2. The number of hydrogen-bond acceptors (Lipinski definition) is 7. The molecule has 0 saturated carbocycles. The lowest BCUT2D eigenvalue weighted by Crippen LogP contribution is -2.42. The molecule has 0 spiro atoms. The summed E-state index contributed by atoms with van der Waals surface area (Å²) in [5.74, 6) is 0.355. The minimum atomic E-state index is -0.782. The SMILES string of the molecule is O=c1nc(Nc2cccc(-c3cccc(CN4CCNCC4)c3)c2)c2cccnc2n1O. The largest absolute Gasteiger partial charge is 0.422 e. The van der Waals surface area contributed by atoms with Gasteiger partial charge in [-0.3, -0.25) is 4.90 Å². The van der Waals surface area contributed by atoms with Crippen molar-refractivity contribution in [2.75, 3.05) is 31.5 Å². The molecule has 0 atom stereocenters. The van der Waals surface area contributed by atoms with Crippen LogP contribution in [0, 0.1) is 0 Å². The lowest BCUT2D eigenvalue weighted by molar-refractivity contribution is 0.182. The van der Waals surface area contributed by atoms with E-state index in [9.17, 15) is 10.0 Å². The van der Waals surface area contributed by atoms with Gasteiger partial charge in [0.05, 0.1) is 5.39 Å². The molecule has 2 aromatic heterocycles. The lowest BCUT2D eigenvalue weighted by atomic mass is 10.0. The Morgan fingerprint density at radius 3 is 2.62 bits per heavy atom. The molecule has 8 nitrogen and oxygen atoms in total. The van der Waals surface area contributed by atoms with Gasteiger partial charge in [-0.25, -0.2) is 9.78 Å². The van der Waals surface area contributed by atoms with Crippen molar-refractivity contribution in [1.29, 1.82) is 0 Å². The number of nitrogens with zero attached hydrogens (tertiary/aromatic N) is 4. The maximum atomic E-state index is 12.0. The average Bonchev–Trinajstić information content (AvgIpc) is 2.83. The molecule has 8 heteroatoms. The van der Waals surface area contributed by atoms with E-state index in [-0.39, 0.29) is 5.65 Å². The molecule has 3 N–H and O–H groups in total. The van der Waals surface area contributed by atoms with E-state index in [0.717, 1.165) is 49.5 Å². The maximum absolute atomic E-state index is 12.0. The summed E-state index contributed by atoms with van der Waals surface area (Å²) in [6.07, 6.45) is 1.52. The van der Waals surface area contributed by atoms with Crippen LogP contribution in [0.2, 0.25) is 0 Å². The third kappa shape index (κ3) is 4.18. The van der Waals surface area contributed by atoms with Gasteiger partial charge in [-0.15, -0.1) is 4.73 Å². The molecule has 0 radical (unpaired) electrons. The molecule has 0 unspecified atom stereocenters. The predicted octanol–water partition coefficient (Wildman–Crippen LogP) is 2.84. The van der Waals surface area contributed by atoms with E-state index >= 15 is 0 Å². The van der Waals surface area contributed by atoms with Crippen LogP contribution in [0.3, 0.4) is 0 Å². The van der Waals surface area contributed by atoms with E-state index in [4.69, 9.17) is 0 Å². The number of rotatable bonds is 5. The van der Waals surface area contributed by atoms with Gasteiger partial charge in [0.1, 0.15) is 5.82 Å². The van der Waals surface area contributed by atoms with Gasteiger partial charge in [-0.05, 0) is 47.0 Å². The molecule has 1 aliphatic heterocycles. The summed E-state index contributed by atoms with van der Waals surface area (Å²) in [7, 11) is 0. The van der Waals surface area contributed by atoms with Gasteiger partial charge >= 0.3 is 5.69 Å². The van der Waals surface area contributed by atoms with E-state index in [2.05, 4.69) is 55.8 Å². The van der Waals surface area contributed by atoms with Crippen LogP contribution in [0.1, 0.15) is 5.56 Å². The Bertz CT molecular complexity index is 1310. The number of hydrogen-bond donors (Lipinski definition) is 3. The zero-order valence-corrected chi connectivity index (χ0v) is 17.5. The monoisotopic (exact) mass is 428 g/mol. The van der Waals surface area contributed by atoms with Crippen LogP contribution in [0.5, 0.6) is 0 Å². The van der Waals surface area contributed by atoms with Crippen LogP contribution in [0.25, 0.3) is 22.2 Å². The molecule has 1 saturated heterocycles. The Balaban J connectivity index is 1.42. The zero-order valence-electron chi connectivity index (χ0n) is 17.5. The fourth-order valence-electron chi connectivity index (χ4n) is 4.03. The summed E-state index contributed by atoms with van der Waals surface area (Å²) in [4.78, 5) is 22.6. The first kappa shape index (κ1) is 20.2. The quantitative estimate of drug-likeness (QED) is 0.421. The summed E-state index contributed by atoms with van der Waals surface area (Å²) in [6.45, 7) is 5.13. The fraction of sp³-hybridized carbons (Fsp3) is 0.208. The fourth-order valence-corrected chi connectivity index (χ4v) is 4.03. The molecular weight excluding hydrogens is 404 g/mol. The number of aromatic nitrogens is 3. The average molecular weight is 428 g/mol. The zero-order chi connectivity index (χ0) is 21.9. The van der Waals surface area contributed by atoms with Gasteiger partial charge < -0.3 is 15.8 Å². The van der Waals surface area contributed by atoms with Crippen molar-refractivity contribution in [3.05, 3.63) is 82.9 Å². The molecule has 1 fully saturated rings. The summed E-state index contributed by atoms with van der Waals surface area (Å²) >= 11 is 0. The molecule has 0 aliphatic carbocycles. The van der Waals surface area contributed by atoms with Crippen LogP contribution in [-0.2, 0) is 6.54 Å². The Morgan fingerprint density at radius 1 is 1.00 bits per heavy atom. The molecule has 4 aromatic rings. The van der Waals surface area contributed by atoms with Crippen molar-refractivity contribution in [2.45, 2.75) is 6.54 Å². The number of pyridine rings is 1. The van der Waals surface area contributed by atoms with Crippen molar-refractivity contribution in [3.63, 3.8) is 0 Å². The van der Waals surface area contributed by atoms with Gasteiger partial charge in [0.2, 0.25) is 0 Å². The highest BCUT2D eigenvalue weighted by Crippen LogP contribution is 2.27. The molecule has 3 heterocycles. The topological polar surface area (TPSA) is 95.3 Å². The van der Waals surface area contributed by atoms with Crippen molar-refractivity contribution in [2.24, 2.45) is 0 Å². The number of benzene rings is 2. The first-order valence-electron chi connectivity index (χ1n) is 10.6. The van der Waals surface area contributed by atoms with E-state index in [1.54, 1.807) is 12.1 Å². The number of nitrogens with one attached hydrogen (secondary N) is 2. The van der Waals surface area contributed by atoms with Crippen LogP contribution in [-0.4, -0.2) is 51.0 Å². The molecule has 0 bridgehead atoms. The number of fused-ring (bicyclic) bond motifs is 1. The highest BCUT2D eigenvalue weighted by Gasteiger charge is 2.12. The summed E-state index contributed by atoms with van der Waals surface area (Å²) in [5.41, 5.74) is 3.65. The minimum Gasteiger partial charge on any atom is -0.422 e.